The highest BCUT2D eigenvalue weighted by molar-refractivity contribution is 5.77. The van der Waals surface area contributed by atoms with E-state index in [1.807, 2.05) is 39.2 Å². The summed E-state index contributed by atoms with van der Waals surface area (Å²) in [5.74, 6) is 0.622. The lowest BCUT2D eigenvalue weighted by molar-refractivity contribution is 0.00412. The van der Waals surface area contributed by atoms with Crippen molar-refractivity contribution in [3.05, 3.63) is 30.1 Å². The summed E-state index contributed by atoms with van der Waals surface area (Å²) in [7, 11) is 0. The number of nitriles is 1. The summed E-state index contributed by atoms with van der Waals surface area (Å²) in [6.45, 7) is 10.2. The Kier molecular flexibility index (Phi) is 6.55. The Morgan fingerprint density at radius 1 is 1.30 bits per heavy atom. The number of nitrogens with zero attached hydrogens (tertiary/aromatic N) is 5. The molecular weight excluding hydrogens is 470 g/mol. The van der Waals surface area contributed by atoms with Crippen LogP contribution in [0, 0.1) is 23.2 Å². The number of amides is 2. The van der Waals surface area contributed by atoms with Crippen LogP contribution in [0.25, 0.3) is 11.0 Å². The second kappa shape index (κ2) is 9.55. The lowest BCUT2D eigenvalue weighted by Crippen LogP contribution is -2.48. The minimum atomic E-state index is -0.558. The number of ether oxygens (including phenoxy) is 2. The van der Waals surface area contributed by atoms with Crippen LogP contribution >= 0.6 is 0 Å². The van der Waals surface area contributed by atoms with Crippen LogP contribution in [0.2, 0.25) is 0 Å². The van der Waals surface area contributed by atoms with Crippen LogP contribution in [0.1, 0.15) is 65.4 Å². The van der Waals surface area contributed by atoms with Crippen molar-refractivity contribution in [3.63, 3.8) is 0 Å². The SMILES string of the molecule is CC1CCN(C(=O)OC(C)(C)C)C1CN1C[C@@]2(CCC[C@H](Cn3cnc4ccc(C#N)cc43)C2)OC1=O. The molecule has 9 heteroatoms. The van der Waals surface area contributed by atoms with Crippen molar-refractivity contribution >= 4 is 23.2 Å². The van der Waals surface area contributed by atoms with E-state index in [2.05, 4.69) is 22.5 Å². The monoisotopic (exact) mass is 507 g/mol. The van der Waals surface area contributed by atoms with Gasteiger partial charge in [-0.05, 0) is 82.9 Å². The number of carbonyl (C=O) groups excluding carboxylic acids is 2. The Balaban J connectivity index is 1.26. The van der Waals surface area contributed by atoms with Gasteiger partial charge in [0.1, 0.15) is 11.2 Å². The van der Waals surface area contributed by atoms with Crippen molar-refractivity contribution < 1.29 is 19.1 Å². The first-order valence-electron chi connectivity index (χ1n) is 13.4. The van der Waals surface area contributed by atoms with E-state index in [4.69, 9.17) is 9.47 Å². The van der Waals surface area contributed by atoms with Gasteiger partial charge in [0.05, 0.1) is 41.6 Å². The maximum Gasteiger partial charge on any atom is 0.410 e. The predicted octanol–water partition coefficient (Wildman–Crippen LogP) is 4.93. The number of likely N-dealkylation sites (tertiary alicyclic amines) is 1. The Hall–Kier alpha value is -3.28. The molecule has 5 rings (SSSR count). The van der Waals surface area contributed by atoms with Gasteiger partial charge in [0, 0.05) is 19.6 Å². The Morgan fingerprint density at radius 3 is 2.86 bits per heavy atom. The molecule has 1 aromatic heterocycles. The van der Waals surface area contributed by atoms with Crippen molar-refractivity contribution in [3.8, 4) is 6.07 Å². The maximum absolute atomic E-state index is 13.0. The molecule has 1 aliphatic carbocycles. The van der Waals surface area contributed by atoms with Gasteiger partial charge in [-0.15, -0.1) is 0 Å². The molecule has 3 fully saturated rings. The van der Waals surface area contributed by atoms with Crippen molar-refractivity contribution in [1.82, 2.24) is 19.4 Å². The smallest absolute Gasteiger partial charge is 0.410 e. The molecule has 2 amide bonds. The highest BCUT2D eigenvalue weighted by atomic mass is 16.6. The summed E-state index contributed by atoms with van der Waals surface area (Å²) in [6, 6.07) is 7.68. The summed E-state index contributed by atoms with van der Waals surface area (Å²) in [4.78, 5) is 34.0. The standard InChI is InChI=1S/C28H37N5O4/c1-19-9-11-33(26(35)36-27(2,3)4)24(19)16-31-17-28(37-25(31)34)10-5-6-21(13-28)15-32-18-30-22-8-7-20(14-29)12-23(22)32/h7-8,12,18-19,21,24H,5-6,9-11,13,15-17H2,1-4H3/t19?,21-,24?,28-/m0/s1. The summed E-state index contributed by atoms with van der Waals surface area (Å²) in [5, 5.41) is 9.29. The number of hydrogen-bond acceptors (Lipinski definition) is 6. The number of hydrogen-bond donors (Lipinski definition) is 0. The number of imidazole rings is 1. The van der Waals surface area contributed by atoms with E-state index >= 15 is 0 Å². The highest BCUT2D eigenvalue weighted by Crippen LogP contribution is 2.41. The molecular formula is C28H37N5O4. The molecule has 2 saturated heterocycles. The zero-order valence-corrected chi connectivity index (χ0v) is 22.3. The van der Waals surface area contributed by atoms with Crippen LogP contribution in [-0.2, 0) is 16.0 Å². The first-order valence-corrected chi connectivity index (χ1v) is 13.4. The highest BCUT2D eigenvalue weighted by Gasteiger charge is 2.49. The fraction of sp³-hybridized carbons (Fsp3) is 0.643. The number of aromatic nitrogens is 2. The van der Waals surface area contributed by atoms with Crippen LogP contribution in [0.15, 0.2) is 24.5 Å². The lowest BCUT2D eigenvalue weighted by atomic mass is 9.78. The second-order valence-corrected chi connectivity index (χ2v) is 12.1. The van der Waals surface area contributed by atoms with Crippen molar-refractivity contribution in [2.24, 2.45) is 11.8 Å². The minimum Gasteiger partial charge on any atom is -0.444 e. The van der Waals surface area contributed by atoms with Crippen molar-refractivity contribution in [2.45, 2.75) is 83.6 Å². The van der Waals surface area contributed by atoms with E-state index in [0.29, 0.717) is 31.1 Å². The van der Waals surface area contributed by atoms with Gasteiger partial charge in [-0.25, -0.2) is 14.6 Å². The van der Waals surface area contributed by atoms with Crippen LogP contribution < -0.4 is 0 Å². The Labute approximate surface area is 218 Å². The molecule has 37 heavy (non-hydrogen) atoms. The largest absolute Gasteiger partial charge is 0.444 e. The average molecular weight is 508 g/mol. The number of rotatable bonds is 4. The van der Waals surface area contributed by atoms with E-state index in [0.717, 1.165) is 49.7 Å². The van der Waals surface area contributed by atoms with Crippen molar-refractivity contribution in [2.75, 3.05) is 19.6 Å². The quantitative estimate of drug-likeness (QED) is 0.581. The number of carbonyl (C=O) groups is 2. The van der Waals surface area contributed by atoms with E-state index in [-0.39, 0.29) is 24.1 Å². The fourth-order valence-electron chi connectivity index (χ4n) is 6.28. The molecule has 1 saturated carbocycles. The maximum atomic E-state index is 13.0. The Bertz CT molecular complexity index is 1230. The van der Waals surface area contributed by atoms with Crippen LogP contribution in [0.3, 0.4) is 0 Å². The van der Waals surface area contributed by atoms with Gasteiger partial charge in [0.15, 0.2) is 0 Å². The molecule has 3 aliphatic rings. The topological polar surface area (TPSA) is 101 Å². The second-order valence-electron chi connectivity index (χ2n) is 12.1. The fourth-order valence-corrected chi connectivity index (χ4v) is 6.28. The zero-order chi connectivity index (χ0) is 26.4. The third-order valence-corrected chi connectivity index (χ3v) is 8.07. The van der Waals surface area contributed by atoms with Gasteiger partial charge in [-0.2, -0.15) is 5.26 Å². The van der Waals surface area contributed by atoms with Gasteiger partial charge < -0.3 is 23.8 Å². The molecule has 4 atom stereocenters. The van der Waals surface area contributed by atoms with Crippen molar-refractivity contribution in [1.29, 1.82) is 5.26 Å². The first-order chi connectivity index (χ1) is 17.6. The lowest BCUT2D eigenvalue weighted by Gasteiger charge is -2.36. The van der Waals surface area contributed by atoms with E-state index in [1.165, 1.54) is 0 Å². The van der Waals surface area contributed by atoms with Crippen LogP contribution in [0.4, 0.5) is 9.59 Å². The third kappa shape index (κ3) is 5.25. The summed E-state index contributed by atoms with van der Waals surface area (Å²) >= 11 is 0. The third-order valence-electron chi connectivity index (χ3n) is 8.07. The normalized spacial score (nSPS) is 28.1. The van der Waals surface area contributed by atoms with Crippen LogP contribution in [0.5, 0.6) is 0 Å². The van der Waals surface area contributed by atoms with E-state index < -0.39 is 11.2 Å². The number of benzene rings is 1. The van der Waals surface area contributed by atoms with Crippen LogP contribution in [-0.4, -0.2) is 68.4 Å². The molecule has 2 aromatic rings. The molecule has 1 aromatic carbocycles. The van der Waals surface area contributed by atoms with E-state index in [9.17, 15) is 14.9 Å². The molecule has 1 spiro atoms. The summed E-state index contributed by atoms with van der Waals surface area (Å²) in [5.41, 5.74) is 1.41. The zero-order valence-electron chi connectivity index (χ0n) is 22.3. The van der Waals surface area contributed by atoms with Gasteiger partial charge >= 0.3 is 12.2 Å². The van der Waals surface area contributed by atoms with Gasteiger partial charge in [-0.1, -0.05) is 6.92 Å². The molecule has 0 N–H and O–H groups in total. The summed E-state index contributed by atoms with van der Waals surface area (Å²) in [6.07, 6.45) is 5.84. The molecule has 0 radical (unpaired) electrons. The minimum absolute atomic E-state index is 0.0800. The Morgan fingerprint density at radius 2 is 2.11 bits per heavy atom. The average Bonchev–Trinajstić information content (AvgIpc) is 3.49. The molecule has 198 valence electrons. The van der Waals surface area contributed by atoms with Gasteiger partial charge in [0.2, 0.25) is 0 Å². The van der Waals surface area contributed by atoms with E-state index in [1.54, 1.807) is 15.9 Å². The molecule has 2 unspecified atom stereocenters. The van der Waals surface area contributed by atoms with Gasteiger partial charge in [0.25, 0.3) is 0 Å². The molecule has 9 nitrogen and oxygen atoms in total. The molecule has 2 aliphatic heterocycles. The first kappa shape index (κ1) is 25.4. The molecule has 3 heterocycles. The van der Waals surface area contributed by atoms with Gasteiger partial charge in [-0.3, -0.25) is 0 Å². The predicted molar refractivity (Wildman–Crippen MR) is 138 cm³/mol. The molecule has 0 bridgehead atoms. The number of fused-ring (bicyclic) bond motifs is 1. The summed E-state index contributed by atoms with van der Waals surface area (Å²) < 4.78 is 13.8.